The molecular weight excluding hydrogens is 368 g/mol. The normalized spacial score (nSPS) is 11.0. The maximum atomic E-state index is 11.6. The van der Waals surface area contributed by atoms with Crippen molar-refractivity contribution in [3.05, 3.63) is 60.6 Å². The first-order chi connectivity index (χ1) is 14.0. The average molecular weight is 388 g/mol. The number of rotatable bonds is 5. The number of benzene rings is 1. The molecule has 0 unspecified atom stereocenters. The molecule has 0 aliphatic carbocycles. The Labute approximate surface area is 166 Å². The largest absolute Gasteiger partial charge is 0.383 e. The molecule has 3 aromatic heterocycles. The van der Waals surface area contributed by atoms with Crippen LogP contribution in [0, 0.1) is 6.92 Å². The molecule has 29 heavy (non-hydrogen) atoms. The highest BCUT2D eigenvalue weighted by atomic mass is 16.1. The molecule has 0 atom stereocenters. The fourth-order valence-corrected chi connectivity index (χ4v) is 3.11. The highest BCUT2D eigenvalue weighted by Crippen LogP contribution is 2.30. The van der Waals surface area contributed by atoms with Gasteiger partial charge in [0, 0.05) is 18.4 Å². The molecule has 0 radical (unpaired) electrons. The molecule has 0 spiro atoms. The van der Waals surface area contributed by atoms with Crippen LogP contribution in [0.1, 0.15) is 11.3 Å². The van der Waals surface area contributed by atoms with Crippen LogP contribution in [-0.2, 0) is 18.4 Å². The third kappa shape index (κ3) is 3.45. The lowest BCUT2D eigenvalue weighted by Gasteiger charge is -2.07. The van der Waals surface area contributed by atoms with Gasteiger partial charge in [-0.1, -0.05) is 18.7 Å². The van der Waals surface area contributed by atoms with E-state index in [-0.39, 0.29) is 5.91 Å². The van der Waals surface area contributed by atoms with Crippen molar-refractivity contribution in [2.75, 3.05) is 11.1 Å². The van der Waals surface area contributed by atoms with Crippen molar-refractivity contribution >= 4 is 28.4 Å². The Kier molecular flexibility index (Phi) is 4.55. The monoisotopic (exact) mass is 388 g/mol. The van der Waals surface area contributed by atoms with Gasteiger partial charge in [-0.2, -0.15) is 10.2 Å². The molecule has 0 bridgehead atoms. The van der Waals surface area contributed by atoms with Crippen LogP contribution in [0.3, 0.4) is 0 Å². The third-order valence-electron chi connectivity index (χ3n) is 4.63. The van der Waals surface area contributed by atoms with Crippen LogP contribution in [0.15, 0.2) is 49.3 Å². The van der Waals surface area contributed by atoms with Crippen molar-refractivity contribution in [3.63, 3.8) is 0 Å². The molecule has 3 N–H and O–H groups in total. The number of nitrogens with one attached hydrogen (secondary N) is 1. The molecule has 0 saturated carbocycles. The van der Waals surface area contributed by atoms with Gasteiger partial charge < -0.3 is 11.1 Å². The number of nitrogen functional groups attached to an aromatic ring is 1. The Hall–Kier alpha value is -4.01. The Morgan fingerprint density at radius 3 is 2.83 bits per heavy atom. The molecule has 0 aliphatic heterocycles. The van der Waals surface area contributed by atoms with Crippen molar-refractivity contribution in [1.29, 1.82) is 0 Å². The van der Waals surface area contributed by atoms with Crippen LogP contribution in [-0.4, -0.2) is 35.4 Å². The van der Waals surface area contributed by atoms with Gasteiger partial charge in [-0.3, -0.25) is 9.48 Å². The Bertz CT molecular complexity index is 1220. The van der Waals surface area contributed by atoms with Crippen molar-refractivity contribution in [2.45, 2.75) is 13.5 Å². The molecule has 9 nitrogen and oxygen atoms in total. The number of nitrogens with zero attached hydrogens (tertiary/aromatic N) is 6. The van der Waals surface area contributed by atoms with Gasteiger partial charge in [-0.05, 0) is 36.8 Å². The summed E-state index contributed by atoms with van der Waals surface area (Å²) in [6.07, 6.45) is 2.65. The number of carbonyl (C=O) groups is 1. The summed E-state index contributed by atoms with van der Waals surface area (Å²) in [7, 11) is 1.88. The molecule has 9 heteroatoms. The Morgan fingerprint density at radius 1 is 1.28 bits per heavy atom. The number of aromatic nitrogens is 6. The number of anilines is 2. The number of hydrogen-bond acceptors (Lipinski definition) is 6. The van der Waals surface area contributed by atoms with Gasteiger partial charge in [0.25, 0.3) is 0 Å². The molecule has 4 rings (SSSR count). The predicted octanol–water partition coefficient (Wildman–Crippen LogP) is 2.29. The van der Waals surface area contributed by atoms with Crippen LogP contribution in [0.4, 0.5) is 11.5 Å². The Balaban J connectivity index is 1.77. The molecule has 0 saturated heterocycles. The molecule has 0 aliphatic rings. The van der Waals surface area contributed by atoms with Crippen LogP contribution in [0.5, 0.6) is 0 Å². The highest BCUT2D eigenvalue weighted by molar-refractivity contribution is 5.99. The third-order valence-corrected chi connectivity index (χ3v) is 4.63. The van der Waals surface area contributed by atoms with E-state index in [0.717, 1.165) is 11.3 Å². The number of fused-ring (bicyclic) bond motifs is 1. The molecule has 146 valence electrons. The average Bonchev–Trinajstić information content (AvgIpc) is 3.23. The highest BCUT2D eigenvalue weighted by Gasteiger charge is 2.19. The van der Waals surface area contributed by atoms with E-state index in [9.17, 15) is 4.79 Å². The topological polar surface area (TPSA) is 117 Å². The summed E-state index contributed by atoms with van der Waals surface area (Å²) in [6.45, 7) is 5.88. The predicted molar refractivity (Wildman–Crippen MR) is 111 cm³/mol. The second-order valence-electron chi connectivity index (χ2n) is 6.65. The lowest BCUT2D eigenvalue weighted by atomic mass is 10.2. The van der Waals surface area contributed by atoms with E-state index in [2.05, 4.69) is 27.0 Å². The molecule has 1 aromatic carbocycles. The standard InChI is InChI=1S/C20H20N8O/c1-4-16(29)24-14-7-5-6-13(9-14)10-28-20-17(19(21)22-11-23-20)18(26-28)15-8-12(2)27(3)25-15/h4-9,11H,1,10H2,2-3H3,(H,24,29)(H2,21,22,23). The summed E-state index contributed by atoms with van der Waals surface area (Å²) in [5.41, 5.74) is 10.7. The van der Waals surface area contributed by atoms with Crippen molar-refractivity contribution in [1.82, 2.24) is 29.5 Å². The van der Waals surface area contributed by atoms with Crippen molar-refractivity contribution in [2.24, 2.45) is 7.05 Å². The smallest absolute Gasteiger partial charge is 0.247 e. The zero-order chi connectivity index (χ0) is 20.5. The SMILES string of the molecule is C=CC(=O)Nc1cccc(Cn2nc(-c3cc(C)n(C)n3)c3c(N)ncnc32)c1. The van der Waals surface area contributed by atoms with Gasteiger partial charge in [-0.15, -0.1) is 0 Å². The number of amides is 1. The van der Waals surface area contributed by atoms with Crippen LogP contribution >= 0.6 is 0 Å². The van der Waals surface area contributed by atoms with E-state index in [1.54, 1.807) is 9.36 Å². The first-order valence-electron chi connectivity index (χ1n) is 8.96. The van der Waals surface area contributed by atoms with Crippen LogP contribution in [0.2, 0.25) is 0 Å². The van der Waals surface area contributed by atoms with E-state index < -0.39 is 0 Å². The van der Waals surface area contributed by atoms with Crippen molar-refractivity contribution in [3.8, 4) is 11.4 Å². The van der Waals surface area contributed by atoms with Crippen LogP contribution < -0.4 is 11.1 Å². The fraction of sp³-hybridized carbons (Fsp3) is 0.150. The first kappa shape index (κ1) is 18.4. The van der Waals surface area contributed by atoms with Gasteiger partial charge in [0.2, 0.25) is 5.91 Å². The van der Waals surface area contributed by atoms with E-state index in [4.69, 9.17) is 10.8 Å². The summed E-state index contributed by atoms with van der Waals surface area (Å²) in [5.74, 6) is 0.0894. The summed E-state index contributed by atoms with van der Waals surface area (Å²) < 4.78 is 3.55. The molecule has 3 heterocycles. The zero-order valence-electron chi connectivity index (χ0n) is 16.1. The number of aryl methyl sites for hydroxylation is 2. The summed E-state index contributed by atoms with van der Waals surface area (Å²) in [5, 5.41) is 12.7. The molecule has 1 amide bonds. The maximum Gasteiger partial charge on any atom is 0.247 e. The minimum Gasteiger partial charge on any atom is -0.383 e. The second-order valence-corrected chi connectivity index (χ2v) is 6.65. The summed E-state index contributed by atoms with van der Waals surface area (Å²) in [6, 6.07) is 9.46. The number of carbonyl (C=O) groups excluding carboxylic acids is 1. The summed E-state index contributed by atoms with van der Waals surface area (Å²) in [4.78, 5) is 20.1. The molecular formula is C20H20N8O. The van der Waals surface area contributed by atoms with E-state index in [1.807, 2.05) is 44.3 Å². The number of hydrogen-bond donors (Lipinski definition) is 2. The van der Waals surface area contributed by atoms with Gasteiger partial charge in [-0.25, -0.2) is 14.6 Å². The van der Waals surface area contributed by atoms with Gasteiger partial charge in [0.15, 0.2) is 5.65 Å². The minimum absolute atomic E-state index is 0.264. The second kappa shape index (κ2) is 7.19. The quantitative estimate of drug-likeness (QED) is 0.507. The zero-order valence-corrected chi connectivity index (χ0v) is 16.1. The summed E-state index contributed by atoms with van der Waals surface area (Å²) >= 11 is 0. The van der Waals surface area contributed by atoms with Crippen molar-refractivity contribution < 1.29 is 4.79 Å². The first-order valence-corrected chi connectivity index (χ1v) is 8.96. The van der Waals surface area contributed by atoms with E-state index in [0.29, 0.717) is 40.5 Å². The lowest BCUT2D eigenvalue weighted by Crippen LogP contribution is -2.08. The van der Waals surface area contributed by atoms with Gasteiger partial charge >= 0.3 is 0 Å². The van der Waals surface area contributed by atoms with E-state index in [1.165, 1.54) is 12.4 Å². The molecule has 4 aromatic rings. The van der Waals surface area contributed by atoms with Crippen LogP contribution in [0.25, 0.3) is 22.4 Å². The minimum atomic E-state index is -0.264. The van der Waals surface area contributed by atoms with Gasteiger partial charge in [0.1, 0.15) is 23.5 Å². The lowest BCUT2D eigenvalue weighted by molar-refractivity contribution is -0.111. The Morgan fingerprint density at radius 2 is 2.10 bits per heavy atom. The maximum absolute atomic E-state index is 11.6. The molecule has 0 fully saturated rings. The van der Waals surface area contributed by atoms with E-state index >= 15 is 0 Å². The number of nitrogens with two attached hydrogens (primary N) is 1. The fourth-order valence-electron chi connectivity index (χ4n) is 3.11. The van der Waals surface area contributed by atoms with Gasteiger partial charge in [0.05, 0.1) is 11.9 Å².